The van der Waals surface area contributed by atoms with Gasteiger partial charge in [0.1, 0.15) is 0 Å². The molecule has 4 heterocycles. The second kappa shape index (κ2) is 7.66. The number of benzene rings is 1. The maximum Gasteiger partial charge on any atom is 0.350 e. The quantitative estimate of drug-likeness (QED) is 0.556. The molecule has 9 heteroatoms. The van der Waals surface area contributed by atoms with Gasteiger partial charge < -0.3 is 14.8 Å². The van der Waals surface area contributed by atoms with Crippen molar-refractivity contribution in [3.63, 3.8) is 0 Å². The van der Waals surface area contributed by atoms with Crippen molar-refractivity contribution >= 4 is 28.5 Å². The van der Waals surface area contributed by atoms with Gasteiger partial charge in [0.15, 0.2) is 5.65 Å². The summed E-state index contributed by atoms with van der Waals surface area (Å²) in [6.45, 7) is 3.18. The van der Waals surface area contributed by atoms with E-state index in [9.17, 15) is 9.59 Å². The van der Waals surface area contributed by atoms with Crippen molar-refractivity contribution in [3.05, 3.63) is 59.1 Å². The summed E-state index contributed by atoms with van der Waals surface area (Å²) in [5.74, 6) is 0.896. The van der Waals surface area contributed by atoms with Gasteiger partial charge in [0.2, 0.25) is 11.9 Å². The highest BCUT2D eigenvalue weighted by Crippen LogP contribution is 2.18. The third kappa shape index (κ3) is 3.42. The second-order valence-corrected chi connectivity index (χ2v) is 7.48. The Morgan fingerprint density at radius 1 is 1.03 bits per heavy atom. The van der Waals surface area contributed by atoms with E-state index in [2.05, 4.69) is 20.0 Å². The van der Waals surface area contributed by atoms with Gasteiger partial charge in [-0.05, 0) is 30.7 Å². The lowest BCUT2D eigenvalue weighted by Gasteiger charge is -2.21. The molecule has 1 aromatic carbocycles. The largest absolute Gasteiger partial charge is 0.350 e. The molecule has 0 spiro atoms. The number of hydrogen-bond acceptors (Lipinski definition) is 5. The Morgan fingerprint density at radius 2 is 1.90 bits per heavy atom. The number of imidazole rings is 1. The summed E-state index contributed by atoms with van der Waals surface area (Å²) in [5, 5.41) is 4.30. The van der Waals surface area contributed by atoms with Crippen LogP contribution in [0.3, 0.4) is 0 Å². The van der Waals surface area contributed by atoms with Gasteiger partial charge in [-0.25, -0.2) is 14.5 Å². The maximum absolute atomic E-state index is 12.8. The van der Waals surface area contributed by atoms with Crippen LogP contribution in [0.2, 0.25) is 0 Å². The number of nitrogens with zero attached hydrogens (tertiary/aromatic N) is 6. The van der Waals surface area contributed by atoms with E-state index in [1.54, 1.807) is 18.3 Å². The van der Waals surface area contributed by atoms with Crippen LogP contribution in [0, 0.1) is 0 Å². The lowest BCUT2D eigenvalue weighted by molar-refractivity contribution is -0.131. The summed E-state index contributed by atoms with van der Waals surface area (Å²) in [6, 6.07) is 13.4. The number of aromatic amines is 1. The van der Waals surface area contributed by atoms with Gasteiger partial charge in [-0.15, -0.1) is 5.10 Å². The summed E-state index contributed by atoms with van der Waals surface area (Å²) in [4.78, 5) is 37.2. The summed E-state index contributed by atoms with van der Waals surface area (Å²) in [7, 11) is 0. The first kappa shape index (κ1) is 18.4. The predicted octanol–water partition coefficient (Wildman–Crippen LogP) is 1.50. The first-order chi connectivity index (χ1) is 14.7. The van der Waals surface area contributed by atoms with Gasteiger partial charge in [0.05, 0.1) is 17.6 Å². The Bertz CT molecular complexity index is 1220. The highest BCUT2D eigenvalue weighted by atomic mass is 16.2. The molecule has 1 fully saturated rings. The van der Waals surface area contributed by atoms with E-state index in [0.717, 1.165) is 36.5 Å². The van der Waals surface area contributed by atoms with Gasteiger partial charge in [-0.3, -0.25) is 9.20 Å². The summed E-state index contributed by atoms with van der Waals surface area (Å²) < 4.78 is 2.85. The van der Waals surface area contributed by atoms with Crippen LogP contribution in [0.1, 0.15) is 12.8 Å². The molecule has 4 aromatic rings. The minimum absolute atomic E-state index is 0.0467. The van der Waals surface area contributed by atoms with Crippen LogP contribution < -0.4 is 10.6 Å². The van der Waals surface area contributed by atoms with Crippen LogP contribution in [0.25, 0.3) is 16.7 Å². The molecule has 30 heavy (non-hydrogen) atoms. The van der Waals surface area contributed by atoms with Crippen molar-refractivity contribution in [1.29, 1.82) is 0 Å². The molecule has 3 aromatic heterocycles. The molecular weight excluding hydrogens is 382 g/mol. The molecule has 0 unspecified atom stereocenters. The van der Waals surface area contributed by atoms with Crippen LogP contribution in [0.5, 0.6) is 0 Å². The number of aryl methyl sites for hydroxylation is 1. The van der Waals surface area contributed by atoms with Crippen molar-refractivity contribution in [1.82, 2.24) is 29.0 Å². The van der Waals surface area contributed by atoms with Gasteiger partial charge in [-0.2, -0.15) is 0 Å². The van der Waals surface area contributed by atoms with Crippen molar-refractivity contribution < 1.29 is 4.79 Å². The van der Waals surface area contributed by atoms with Gasteiger partial charge in [0.25, 0.3) is 0 Å². The fourth-order valence-electron chi connectivity index (χ4n) is 3.94. The molecule has 1 N–H and O–H groups in total. The van der Waals surface area contributed by atoms with Gasteiger partial charge in [-0.1, -0.05) is 18.2 Å². The Morgan fingerprint density at radius 3 is 2.77 bits per heavy atom. The van der Waals surface area contributed by atoms with E-state index in [1.165, 1.54) is 9.08 Å². The van der Waals surface area contributed by atoms with E-state index in [0.29, 0.717) is 18.7 Å². The number of pyridine rings is 1. The number of amides is 1. The number of nitrogens with one attached hydrogen (secondary N) is 1. The molecule has 1 amide bonds. The molecule has 5 rings (SSSR count). The zero-order valence-corrected chi connectivity index (χ0v) is 16.6. The van der Waals surface area contributed by atoms with Crippen molar-refractivity contribution in [3.8, 4) is 0 Å². The summed E-state index contributed by atoms with van der Waals surface area (Å²) in [5.41, 5.74) is 2.33. The van der Waals surface area contributed by atoms with Gasteiger partial charge in [0, 0.05) is 38.8 Å². The third-order valence-electron chi connectivity index (χ3n) is 5.55. The van der Waals surface area contributed by atoms with Crippen LogP contribution in [0.4, 0.5) is 5.95 Å². The molecule has 0 saturated carbocycles. The van der Waals surface area contributed by atoms with E-state index in [-0.39, 0.29) is 24.6 Å². The molecule has 1 aliphatic rings. The number of rotatable bonds is 4. The molecule has 0 aliphatic carbocycles. The average molecular weight is 405 g/mol. The van der Waals surface area contributed by atoms with E-state index >= 15 is 0 Å². The third-order valence-corrected chi connectivity index (χ3v) is 5.55. The monoisotopic (exact) mass is 405 g/mol. The topological polar surface area (TPSA) is 91.5 Å². The Labute approximate surface area is 172 Å². The minimum Gasteiger partial charge on any atom is -0.341 e. The number of para-hydroxylation sites is 2. The number of anilines is 1. The fourth-order valence-corrected chi connectivity index (χ4v) is 3.94. The Balaban J connectivity index is 1.22. The van der Waals surface area contributed by atoms with Crippen LogP contribution >= 0.6 is 0 Å². The molecular formula is C21H23N7O2. The summed E-state index contributed by atoms with van der Waals surface area (Å²) >= 11 is 0. The number of fused-ring (bicyclic) bond motifs is 2. The molecule has 0 atom stereocenters. The van der Waals surface area contributed by atoms with E-state index in [1.807, 2.05) is 35.2 Å². The first-order valence-corrected chi connectivity index (χ1v) is 10.2. The summed E-state index contributed by atoms with van der Waals surface area (Å²) in [6.07, 6.45) is 2.82. The molecule has 0 bridgehead atoms. The molecule has 1 saturated heterocycles. The molecule has 0 radical (unpaired) electrons. The van der Waals surface area contributed by atoms with Crippen molar-refractivity contribution in [2.24, 2.45) is 0 Å². The zero-order chi connectivity index (χ0) is 20.5. The van der Waals surface area contributed by atoms with Crippen LogP contribution in [-0.2, 0) is 11.3 Å². The fraction of sp³-hybridized carbons (Fsp3) is 0.333. The molecule has 1 aliphatic heterocycles. The average Bonchev–Trinajstić information content (AvgIpc) is 3.24. The van der Waals surface area contributed by atoms with E-state index in [4.69, 9.17) is 0 Å². The first-order valence-electron chi connectivity index (χ1n) is 10.2. The number of hydrogen-bond donors (Lipinski definition) is 1. The zero-order valence-electron chi connectivity index (χ0n) is 16.6. The predicted molar refractivity (Wildman–Crippen MR) is 114 cm³/mol. The smallest absolute Gasteiger partial charge is 0.341 e. The molecule has 9 nitrogen and oxygen atoms in total. The standard InChI is InChI=1S/C21H23N7O2/c29-19(9-13-28-21(30)27-12-4-3-8-18(27)24-28)25-10-5-11-26(15-14-25)20-22-16-6-1-2-7-17(16)23-20/h1-4,6-8,12H,5,9-11,13-15H2,(H,22,23). The highest BCUT2D eigenvalue weighted by Gasteiger charge is 2.21. The number of carbonyl (C=O) groups is 1. The SMILES string of the molecule is O=C(CCn1nc2ccccn2c1=O)N1CCCN(c2nc3ccccc3[nH]2)CC1. The highest BCUT2D eigenvalue weighted by molar-refractivity contribution is 5.78. The number of H-pyrrole nitrogens is 1. The lowest BCUT2D eigenvalue weighted by atomic mass is 10.3. The van der Waals surface area contributed by atoms with Crippen LogP contribution in [0.15, 0.2) is 53.5 Å². The van der Waals surface area contributed by atoms with Crippen molar-refractivity contribution in [2.75, 3.05) is 31.1 Å². The van der Waals surface area contributed by atoms with Crippen molar-refractivity contribution in [2.45, 2.75) is 19.4 Å². The Kier molecular flexibility index (Phi) is 4.70. The molecule has 154 valence electrons. The normalized spacial score (nSPS) is 15.1. The second-order valence-electron chi connectivity index (χ2n) is 7.48. The number of aromatic nitrogens is 5. The minimum atomic E-state index is -0.217. The van der Waals surface area contributed by atoms with E-state index < -0.39 is 0 Å². The van der Waals surface area contributed by atoms with Crippen LogP contribution in [-0.4, -0.2) is 61.1 Å². The van der Waals surface area contributed by atoms with Gasteiger partial charge >= 0.3 is 5.69 Å². The Hall–Kier alpha value is -3.62. The number of carbonyl (C=O) groups excluding carboxylic acids is 1. The maximum atomic E-state index is 12.8. The lowest BCUT2D eigenvalue weighted by Crippen LogP contribution is -2.36.